The van der Waals surface area contributed by atoms with E-state index in [1.54, 1.807) is 0 Å². The van der Waals surface area contributed by atoms with Gasteiger partial charge in [0.2, 0.25) is 0 Å². The van der Waals surface area contributed by atoms with Crippen LogP contribution in [0, 0.1) is 5.92 Å². The summed E-state index contributed by atoms with van der Waals surface area (Å²) in [5.41, 5.74) is 7.60. The van der Waals surface area contributed by atoms with Crippen LogP contribution in [0.1, 0.15) is 32.8 Å². The first-order valence-electron chi connectivity index (χ1n) is 6.93. The molecule has 1 heterocycles. The Hall–Kier alpha value is -1.68. The molecule has 106 valence electrons. The Morgan fingerprint density at radius 3 is 2.65 bits per heavy atom. The Balaban J connectivity index is 2.39. The van der Waals surface area contributed by atoms with Gasteiger partial charge in [0.15, 0.2) is 0 Å². The van der Waals surface area contributed by atoms with Gasteiger partial charge in [-0.25, -0.2) is 4.98 Å². The van der Waals surface area contributed by atoms with Crippen molar-refractivity contribution in [1.82, 2.24) is 4.98 Å². The van der Waals surface area contributed by atoms with Crippen molar-refractivity contribution in [3.8, 4) is 0 Å². The fourth-order valence-electron chi connectivity index (χ4n) is 2.41. The van der Waals surface area contributed by atoms with Crippen LogP contribution < -0.4 is 11.1 Å². The molecular formula is C16H21N3S. The van der Waals surface area contributed by atoms with Crippen LogP contribution >= 0.6 is 12.2 Å². The summed E-state index contributed by atoms with van der Waals surface area (Å²) in [6, 6.07) is 10.3. The molecule has 3 N–H and O–H groups in total. The number of nitrogens with one attached hydrogen (secondary N) is 1. The van der Waals surface area contributed by atoms with Crippen molar-refractivity contribution in [3.63, 3.8) is 0 Å². The Bertz CT molecular complexity index is 622. The molecule has 0 spiro atoms. The van der Waals surface area contributed by atoms with Crippen LogP contribution in [0.4, 0.5) is 5.82 Å². The van der Waals surface area contributed by atoms with E-state index in [9.17, 15) is 0 Å². The van der Waals surface area contributed by atoms with Gasteiger partial charge in [0.1, 0.15) is 10.8 Å². The molecule has 0 aliphatic rings. The standard InChI is InChI=1S/C16H21N3S/c1-10(2)8-11(3)18-16-13(15(17)20)9-12-6-4-5-7-14(12)19-16/h4-7,9-11H,8H2,1-3H3,(H2,17,20)(H,18,19). The van der Waals surface area contributed by atoms with Gasteiger partial charge in [-0.1, -0.05) is 44.3 Å². The number of pyridine rings is 1. The summed E-state index contributed by atoms with van der Waals surface area (Å²) in [4.78, 5) is 5.04. The normalized spacial score (nSPS) is 12.6. The van der Waals surface area contributed by atoms with E-state index in [-0.39, 0.29) is 0 Å². The molecule has 4 heteroatoms. The van der Waals surface area contributed by atoms with Crippen LogP contribution in [0.2, 0.25) is 0 Å². The molecule has 20 heavy (non-hydrogen) atoms. The third-order valence-corrected chi connectivity index (χ3v) is 3.42. The molecule has 0 saturated carbocycles. The second-order valence-corrected chi connectivity index (χ2v) is 6.06. The van der Waals surface area contributed by atoms with Crippen LogP contribution in [-0.4, -0.2) is 16.0 Å². The fraction of sp³-hybridized carbons (Fsp3) is 0.375. The van der Waals surface area contributed by atoms with Crippen molar-refractivity contribution in [3.05, 3.63) is 35.9 Å². The number of thiocarbonyl (C=S) groups is 1. The smallest absolute Gasteiger partial charge is 0.137 e. The molecule has 3 nitrogen and oxygen atoms in total. The lowest BCUT2D eigenvalue weighted by atomic mass is 10.0. The Morgan fingerprint density at radius 1 is 1.30 bits per heavy atom. The lowest BCUT2D eigenvalue weighted by Gasteiger charge is -2.19. The second-order valence-electron chi connectivity index (χ2n) is 5.62. The minimum atomic E-state index is 0.330. The molecular weight excluding hydrogens is 266 g/mol. The van der Waals surface area contributed by atoms with E-state index in [2.05, 4.69) is 31.1 Å². The van der Waals surface area contributed by atoms with Crippen molar-refractivity contribution in [2.45, 2.75) is 33.2 Å². The molecule has 1 aromatic heterocycles. The van der Waals surface area contributed by atoms with E-state index < -0.39 is 0 Å². The van der Waals surface area contributed by atoms with Crippen LogP contribution in [0.25, 0.3) is 10.9 Å². The van der Waals surface area contributed by atoms with E-state index in [1.165, 1.54) is 0 Å². The second kappa shape index (κ2) is 6.18. The molecule has 0 amide bonds. The van der Waals surface area contributed by atoms with Gasteiger partial charge >= 0.3 is 0 Å². The Morgan fingerprint density at radius 2 is 2.00 bits per heavy atom. The molecule has 1 unspecified atom stereocenters. The van der Waals surface area contributed by atoms with Crippen molar-refractivity contribution >= 4 is 33.9 Å². The topological polar surface area (TPSA) is 50.9 Å². The number of hydrogen-bond donors (Lipinski definition) is 2. The van der Waals surface area contributed by atoms with Gasteiger partial charge in [-0.15, -0.1) is 0 Å². The number of rotatable bonds is 5. The third kappa shape index (κ3) is 3.45. The average Bonchev–Trinajstić information content (AvgIpc) is 2.36. The first kappa shape index (κ1) is 14.7. The summed E-state index contributed by atoms with van der Waals surface area (Å²) >= 11 is 5.15. The van der Waals surface area contributed by atoms with Gasteiger partial charge in [-0.05, 0) is 31.4 Å². The number of nitrogens with zero attached hydrogens (tertiary/aromatic N) is 1. The monoisotopic (exact) mass is 287 g/mol. The van der Waals surface area contributed by atoms with Crippen LogP contribution in [0.5, 0.6) is 0 Å². The lowest BCUT2D eigenvalue weighted by molar-refractivity contribution is 0.539. The van der Waals surface area contributed by atoms with Crippen molar-refractivity contribution in [2.24, 2.45) is 11.7 Å². The van der Waals surface area contributed by atoms with Gasteiger partial charge in [0.25, 0.3) is 0 Å². The Labute approximate surface area is 125 Å². The molecule has 0 radical (unpaired) electrons. The zero-order valence-corrected chi connectivity index (χ0v) is 13.0. The molecule has 2 rings (SSSR count). The highest BCUT2D eigenvalue weighted by molar-refractivity contribution is 7.80. The fourth-order valence-corrected chi connectivity index (χ4v) is 2.57. The van der Waals surface area contributed by atoms with Crippen molar-refractivity contribution in [1.29, 1.82) is 0 Å². The van der Waals surface area contributed by atoms with Gasteiger partial charge < -0.3 is 11.1 Å². The highest BCUT2D eigenvalue weighted by atomic mass is 32.1. The predicted octanol–water partition coefficient (Wildman–Crippen LogP) is 3.72. The van der Waals surface area contributed by atoms with E-state index in [0.29, 0.717) is 16.9 Å². The van der Waals surface area contributed by atoms with Gasteiger partial charge in [0.05, 0.1) is 11.1 Å². The summed E-state index contributed by atoms with van der Waals surface area (Å²) in [7, 11) is 0. The van der Waals surface area contributed by atoms with Crippen molar-refractivity contribution in [2.75, 3.05) is 5.32 Å². The minimum absolute atomic E-state index is 0.330. The highest BCUT2D eigenvalue weighted by Gasteiger charge is 2.12. The number of benzene rings is 1. The molecule has 1 atom stereocenters. The van der Waals surface area contributed by atoms with E-state index in [0.717, 1.165) is 28.7 Å². The molecule has 0 aliphatic heterocycles. The molecule has 0 fully saturated rings. The highest BCUT2D eigenvalue weighted by Crippen LogP contribution is 2.22. The molecule has 1 aromatic carbocycles. The summed E-state index contributed by atoms with van der Waals surface area (Å²) in [5, 5.41) is 4.49. The first-order valence-corrected chi connectivity index (χ1v) is 7.34. The maximum atomic E-state index is 5.83. The maximum absolute atomic E-state index is 5.83. The summed E-state index contributed by atoms with van der Waals surface area (Å²) in [6.07, 6.45) is 1.07. The summed E-state index contributed by atoms with van der Waals surface area (Å²) in [5.74, 6) is 1.41. The summed E-state index contributed by atoms with van der Waals surface area (Å²) < 4.78 is 0. The van der Waals surface area contributed by atoms with E-state index in [4.69, 9.17) is 18.0 Å². The number of fused-ring (bicyclic) bond motifs is 1. The van der Waals surface area contributed by atoms with Gasteiger partial charge in [-0.3, -0.25) is 0 Å². The largest absolute Gasteiger partial charge is 0.389 e. The van der Waals surface area contributed by atoms with Gasteiger partial charge in [-0.2, -0.15) is 0 Å². The molecule has 0 aliphatic carbocycles. The van der Waals surface area contributed by atoms with Crippen LogP contribution in [0.3, 0.4) is 0 Å². The molecule has 0 bridgehead atoms. The number of anilines is 1. The zero-order valence-electron chi connectivity index (χ0n) is 12.2. The number of hydrogen-bond acceptors (Lipinski definition) is 3. The SMILES string of the molecule is CC(C)CC(C)Nc1nc2ccccc2cc1C(N)=S. The number of aromatic nitrogens is 1. The first-order chi connectivity index (χ1) is 9.47. The predicted molar refractivity (Wildman–Crippen MR) is 90.2 cm³/mol. The van der Waals surface area contributed by atoms with E-state index >= 15 is 0 Å². The maximum Gasteiger partial charge on any atom is 0.137 e. The molecule has 0 saturated heterocycles. The zero-order chi connectivity index (χ0) is 14.7. The quantitative estimate of drug-likeness (QED) is 0.823. The van der Waals surface area contributed by atoms with Gasteiger partial charge in [0, 0.05) is 11.4 Å². The molecule has 2 aromatic rings. The Kier molecular flexibility index (Phi) is 4.55. The number of nitrogens with two attached hydrogens (primary N) is 1. The van der Waals surface area contributed by atoms with Crippen molar-refractivity contribution < 1.29 is 0 Å². The van der Waals surface area contributed by atoms with E-state index in [1.807, 2.05) is 30.3 Å². The average molecular weight is 287 g/mol. The number of para-hydroxylation sites is 1. The van der Waals surface area contributed by atoms with Crippen LogP contribution in [-0.2, 0) is 0 Å². The lowest BCUT2D eigenvalue weighted by Crippen LogP contribution is -2.22. The summed E-state index contributed by atoms with van der Waals surface area (Å²) in [6.45, 7) is 6.57. The van der Waals surface area contributed by atoms with Crippen LogP contribution in [0.15, 0.2) is 30.3 Å². The third-order valence-electron chi connectivity index (χ3n) is 3.20. The minimum Gasteiger partial charge on any atom is -0.389 e.